The van der Waals surface area contributed by atoms with Crippen LogP contribution in [0.2, 0.25) is 0 Å². The molecule has 0 fully saturated rings. The van der Waals surface area contributed by atoms with E-state index in [1.807, 2.05) is 13.8 Å². The number of ether oxygens (including phenoxy) is 1. The van der Waals surface area contributed by atoms with Crippen LogP contribution in [0.15, 0.2) is 12.3 Å². The molecule has 9 nitrogen and oxygen atoms in total. The number of hydrogen-bond donors (Lipinski definition) is 5. The highest BCUT2D eigenvalue weighted by atomic mass is 16.5. The van der Waals surface area contributed by atoms with E-state index in [-0.39, 0.29) is 32.1 Å². The van der Waals surface area contributed by atoms with Gasteiger partial charge in [0.15, 0.2) is 0 Å². The molecule has 0 aliphatic heterocycles. The second-order valence-electron chi connectivity index (χ2n) is 5.96. The van der Waals surface area contributed by atoms with Gasteiger partial charge in [-0.15, -0.1) is 0 Å². The van der Waals surface area contributed by atoms with Crippen LogP contribution in [0.25, 0.3) is 0 Å². The second-order valence-corrected chi connectivity index (χ2v) is 5.96. The van der Waals surface area contributed by atoms with Crippen molar-refractivity contribution in [2.45, 2.75) is 38.1 Å². The molecule has 6 N–H and O–H groups in total. The van der Waals surface area contributed by atoms with Gasteiger partial charge in [0.05, 0.1) is 44.1 Å². The fraction of sp³-hybridized carbons (Fsp3) is 0.714. The molecular formula is C14H26N4O5. The number of carbonyl (C=O) groups excluding carboxylic acids is 1. The lowest BCUT2D eigenvalue weighted by Crippen LogP contribution is -2.43. The average Bonchev–Trinajstić information content (AvgIpc) is 2.94. The summed E-state index contributed by atoms with van der Waals surface area (Å²) in [5, 5.41) is 34.6. The summed E-state index contributed by atoms with van der Waals surface area (Å²) in [6.07, 6.45) is 0.852. The summed E-state index contributed by atoms with van der Waals surface area (Å²) in [5.41, 5.74) is 4.72. The van der Waals surface area contributed by atoms with Gasteiger partial charge < -0.3 is 31.1 Å². The molecule has 0 aliphatic rings. The second kappa shape index (κ2) is 8.94. The van der Waals surface area contributed by atoms with E-state index in [4.69, 9.17) is 20.7 Å². The molecule has 0 spiro atoms. The Morgan fingerprint density at radius 3 is 2.65 bits per heavy atom. The standard InChI is InChI=1S/C14H26N4O5/c1-14(2,9-18-4-3-12(17-18)13(15)22)23-8-11(21)5-16-10(6-19)7-20/h3-4,10-11,16,19-21H,5-9H2,1-2H3,(H2,15,22)/t11-/m1/s1. The maximum Gasteiger partial charge on any atom is 0.269 e. The Hall–Kier alpha value is -1.52. The number of amides is 1. The van der Waals surface area contributed by atoms with Crippen LogP contribution in [0, 0.1) is 0 Å². The molecule has 0 aliphatic carbocycles. The average molecular weight is 330 g/mol. The lowest BCUT2D eigenvalue weighted by molar-refractivity contribution is -0.0692. The molecule has 0 bridgehead atoms. The molecule has 132 valence electrons. The van der Waals surface area contributed by atoms with Gasteiger partial charge in [0.2, 0.25) is 0 Å². The highest BCUT2D eigenvalue weighted by Crippen LogP contribution is 2.13. The van der Waals surface area contributed by atoms with Gasteiger partial charge in [-0.3, -0.25) is 9.48 Å². The summed E-state index contributed by atoms with van der Waals surface area (Å²) >= 11 is 0. The van der Waals surface area contributed by atoms with Crippen LogP contribution in [-0.2, 0) is 11.3 Å². The highest BCUT2D eigenvalue weighted by molar-refractivity contribution is 5.90. The van der Waals surface area contributed by atoms with Crippen molar-refractivity contribution in [2.75, 3.05) is 26.4 Å². The van der Waals surface area contributed by atoms with Gasteiger partial charge in [0, 0.05) is 12.7 Å². The number of primary amides is 1. The molecule has 1 atom stereocenters. The molecular weight excluding hydrogens is 304 g/mol. The molecule has 23 heavy (non-hydrogen) atoms. The first-order valence-corrected chi connectivity index (χ1v) is 7.38. The van der Waals surface area contributed by atoms with E-state index in [0.29, 0.717) is 6.54 Å². The molecule has 9 heteroatoms. The fourth-order valence-electron chi connectivity index (χ4n) is 1.89. The number of rotatable bonds is 11. The minimum atomic E-state index is -0.784. The van der Waals surface area contributed by atoms with E-state index in [1.165, 1.54) is 6.07 Å². The van der Waals surface area contributed by atoms with Crippen LogP contribution in [0.3, 0.4) is 0 Å². The molecule has 1 heterocycles. The van der Waals surface area contributed by atoms with Crippen LogP contribution >= 0.6 is 0 Å². The molecule has 0 unspecified atom stereocenters. The highest BCUT2D eigenvalue weighted by Gasteiger charge is 2.22. The van der Waals surface area contributed by atoms with Gasteiger partial charge in [-0.05, 0) is 19.9 Å². The van der Waals surface area contributed by atoms with E-state index in [9.17, 15) is 9.90 Å². The zero-order valence-electron chi connectivity index (χ0n) is 13.5. The Morgan fingerprint density at radius 2 is 2.13 bits per heavy atom. The van der Waals surface area contributed by atoms with Gasteiger partial charge in [0.25, 0.3) is 5.91 Å². The number of nitrogens with one attached hydrogen (secondary N) is 1. The van der Waals surface area contributed by atoms with E-state index >= 15 is 0 Å². The Morgan fingerprint density at radius 1 is 1.48 bits per heavy atom. The fourth-order valence-corrected chi connectivity index (χ4v) is 1.89. The normalized spacial score (nSPS) is 13.5. The lowest BCUT2D eigenvalue weighted by Gasteiger charge is -2.27. The van der Waals surface area contributed by atoms with Crippen molar-refractivity contribution in [3.05, 3.63) is 18.0 Å². The molecule has 0 saturated heterocycles. The van der Waals surface area contributed by atoms with E-state index in [0.717, 1.165) is 0 Å². The minimum Gasteiger partial charge on any atom is -0.395 e. The number of nitrogens with zero attached hydrogens (tertiary/aromatic N) is 2. The summed E-state index contributed by atoms with van der Waals surface area (Å²) in [6.45, 7) is 3.90. The van der Waals surface area contributed by atoms with Crippen molar-refractivity contribution in [3.8, 4) is 0 Å². The summed E-state index contributed by atoms with van der Waals surface area (Å²) in [7, 11) is 0. The first kappa shape index (κ1) is 19.5. The van der Waals surface area contributed by atoms with Crippen molar-refractivity contribution < 1.29 is 24.9 Å². The number of aliphatic hydroxyl groups is 3. The Kier molecular flexibility index (Phi) is 7.59. The predicted octanol–water partition coefficient (Wildman–Crippen LogP) is -1.92. The third kappa shape index (κ3) is 7.06. The maximum absolute atomic E-state index is 11.0. The summed E-state index contributed by atoms with van der Waals surface area (Å²) in [5.74, 6) is -0.591. The van der Waals surface area contributed by atoms with Crippen molar-refractivity contribution in [3.63, 3.8) is 0 Å². The van der Waals surface area contributed by atoms with Crippen molar-refractivity contribution in [2.24, 2.45) is 5.73 Å². The number of hydrogen-bond acceptors (Lipinski definition) is 7. The van der Waals surface area contributed by atoms with E-state index in [1.54, 1.807) is 10.9 Å². The molecule has 1 rings (SSSR count). The Balaban J connectivity index is 2.40. The van der Waals surface area contributed by atoms with Crippen LogP contribution in [0.1, 0.15) is 24.3 Å². The Labute approximate surface area is 135 Å². The predicted molar refractivity (Wildman–Crippen MR) is 82.7 cm³/mol. The first-order chi connectivity index (χ1) is 10.8. The van der Waals surface area contributed by atoms with E-state index < -0.39 is 23.7 Å². The molecule has 0 aromatic carbocycles. The SMILES string of the molecule is CC(C)(Cn1ccc(C(N)=O)n1)OC[C@H](O)CNC(CO)CO. The van der Waals surface area contributed by atoms with Gasteiger partial charge in [-0.2, -0.15) is 5.10 Å². The van der Waals surface area contributed by atoms with Crippen LogP contribution < -0.4 is 11.1 Å². The van der Waals surface area contributed by atoms with Crippen molar-refractivity contribution >= 4 is 5.91 Å². The molecule has 1 aromatic heterocycles. The monoisotopic (exact) mass is 330 g/mol. The maximum atomic E-state index is 11.0. The smallest absolute Gasteiger partial charge is 0.269 e. The van der Waals surface area contributed by atoms with Crippen LogP contribution in [0.5, 0.6) is 0 Å². The quantitative estimate of drug-likeness (QED) is 0.318. The van der Waals surface area contributed by atoms with Gasteiger partial charge in [0.1, 0.15) is 5.69 Å². The number of carbonyl (C=O) groups is 1. The summed E-state index contributed by atoms with van der Waals surface area (Å²) in [4.78, 5) is 11.0. The largest absolute Gasteiger partial charge is 0.395 e. The van der Waals surface area contributed by atoms with E-state index in [2.05, 4.69) is 10.4 Å². The topological polar surface area (TPSA) is 143 Å². The Bertz CT molecular complexity index is 487. The molecule has 1 amide bonds. The molecule has 0 radical (unpaired) electrons. The molecule has 0 saturated carbocycles. The van der Waals surface area contributed by atoms with Crippen molar-refractivity contribution in [1.82, 2.24) is 15.1 Å². The van der Waals surface area contributed by atoms with Crippen LogP contribution in [0.4, 0.5) is 0 Å². The third-order valence-electron chi connectivity index (χ3n) is 3.19. The zero-order chi connectivity index (χ0) is 17.5. The minimum absolute atomic E-state index is 0.0769. The first-order valence-electron chi connectivity index (χ1n) is 7.38. The van der Waals surface area contributed by atoms with Gasteiger partial charge in [-0.25, -0.2) is 0 Å². The van der Waals surface area contributed by atoms with Gasteiger partial charge >= 0.3 is 0 Å². The van der Waals surface area contributed by atoms with Crippen molar-refractivity contribution in [1.29, 1.82) is 0 Å². The molecule has 1 aromatic rings. The third-order valence-corrected chi connectivity index (χ3v) is 3.19. The number of nitrogens with two attached hydrogens (primary N) is 1. The number of aliphatic hydroxyl groups excluding tert-OH is 3. The van der Waals surface area contributed by atoms with Gasteiger partial charge in [-0.1, -0.05) is 0 Å². The van der Waals surface area contributed by atoms with Crippen LogP contribution in [-0.4, -0.2) is 75.1 Å². The summed E-state index contributed by atoms with van der Waals surface area (Å²) in [6, 6.07) is 1.06. The number of aromatic nitrogens is 2. The summed E-state index contributed by atoms with van der Waals surface area (Å²) < 4.78 is 7.23. The zero-order valence-corrected chi connectivity index (χ0v) is 13.5. The lowest BCUT2D eigenvalue weighted by atomic mass is 10.1.